The molecule has 0 unspecified atom stereocenters. The van der Waals surface area contributed by atoms with E-state index in [0.29, 0.717) is 12.5 Å². The van der Waals surface area contributed by atoms with Crippen LogP contribution in [0.5, 0.6) is 0 Å². The number of rotatable bonds is 4. The van der Waals surface area contributed by atoms with Gasteiger partial charge in [-0.2, -0.15) is 4.98 Å². The molecule has 0 atom stereocenters. The molecule has 0 saturated carbocycles. The van der Waals surface area contributed by atoms with Crippen LogP contribution >= 0.6 is 0 Å². The van der Waals surface area contributed by atoms with Crippen LogP contribution in [-0.4, -0.2) is 16.5 Å². The number of aryl methyl sites for hydroxylation is 2. The van der Waals surface area contributed by atoms with E-state index in [-0.39, 0.29) is 5.82 Å². The van der Waals surface area contributed by atoms with Crippen molar-refractivity contribution in [3.05, 3.63) is 41.3 Å². The Bertz CT molecular complexity index is 584. The fourth-order valence-electron chi connectivity index (χ4n) is 1.65. The molecule has 0 fully saturated rings. The first-order valence-corrected chi connectivity index (χ1v) is 6.21. The molecule has 2 N–H and O–H groups in total. The van der Waals surface area contributed by atoms with Crippen molar-refractivity contribution < 1.29 is 4.39 Å². The second-order valence-electron chi connectivity index (χ2n) is 4.34. The third-order valence-electron chi connectivity index (χ3n) is 2.85. The van der Waals surface area contributed by atoms with Crippen LogP contribution in [0.2, 0.25) is 0 Å². The van der Waals surface area contributed by atoms with Crippen LogP contribution in [0.15, 0.2) is 24.4 Å². The Labute approximate surface area is 112 Å². The SMILES string of the molecule is CCNc1ncc(F)c(Nc2ccc(C)c(C)c2)n1. The zero-order valence-electron chi connectivity index (χ0n) is 11.3. The third kappa shape index (κ3) is 3.19. The van der Waals surface area contributed by atoms with Gasteiger partial charge >= 0.3 is 0 Å². The van der Waals surface area contributed by atoms with Gasteiger partial charge in [0, 0.05) is 12.2 Å². The van der Waals surface area contributed by atoms with Crippen molar-refractivity contribution in [2.24, 2.45) is 0 Å². The van der Waals surface area contributed by atoms with Gasteiger partial charge in [-0.05, 0) is 44.0 Å². The van der Waals surface area contributed by atoms with E-state index in [4.69, 9.17) is 0 Å². The Morgan fingerprint density at radius 1 is 1.21 bits per heavy atom. The van der Waals surface area contributed by atoms with Crippen LogP contribution in [0.3, 0.4) is 0 Å². The van der Waals surface area contributed by atoms with Gasteiger partial charge in [0.25, 0.3) is 0 Å². The molecule has 1 aromatic carbocycles. The highest BCUT2D eigenvalue weighted by molar-refractivity contribution is 5.59. The summed E-state index contributed by atoms with van der Waals surface area (Å²) in [5, 5.41) is 5.93. The highest BCUT2D eigenvalue weighted by Crippen LogP contribution is 2.20. The second kappa shape index (κ2) is 5.65. The molecule has 2 rings (SSSR count). The maximum Gasteiger partial charge on any atom is 0.224 e. The maximum absolute atomic E-state index is 13.7. The van der Waals surface area contributed by atoms with Crippen LogP contribution in [0, 0.1) is 19.7 Å². The molecule has 5 heteroatoms. The van der Waals surface area contributed by atoms with Crippen LogP contribution in [-0.2, 0) is 0 Å². The predicted octanol–water partition coefficient (Wildman–Crippen LogP) is 3.41. The number of hydrogen-bond acceptors (Lipinski definition) is 4. The van der Waals surface area contributed by atoms with E-state index in [2.05, 4.69) is 20.6 Å². The van der Waals surface area contributed by atoms with Crippen molar-refractivity contribution >= 4 is 17.5 Å². The first-order chi connectivity index (χ1) is 9.10. The van der Waals surface area contributed by atoms with Gasteiger partial charge in [0.15, 0.2) is 11.6 Å². The van der Waals surface area contributed by atoms with Crippen molar-refractivity contribution in [1.29, 1.82) is 0 Å². The molecular weight excluding hydrogens is 243 g/mol. The van der Waals surface area contributed by atoms with E-state index < -0.39 is 5.82 Å². The predicted molar refractivity (Wildman–Crippen MR) is 75.4 cm³/mol. The molecular formula is C14H17FN4. The first-order valence-electron chi connectivity index (χ1n) is 6.21. The fourth-order valence-corrected chi connectivity index (χ4v) is 1.65. The minimum absolute atomic E-state index is 0.175. The summed E-state index contributed by atoms with van der Waals surface area (Å²) < 4.78 is 13.7. The number of hydrogen-bond donors (Lipinski definition) is 2. The Morgan fingerprint density at radius 3 is 2.68 bits per heavy atom. The summed E-state index contributed by atoms with van der Waals surface area (Å²) in [4.78, 5) is 7.97. The van der Waals surface area contributed by atoms with Gasteiger partial charge in [0.1, 0.15) is 0 Å². The van der Waals surface area contributed by atoms with Crippen molar-refractivity contribution in [3.63, 3.8) is 0 Å². The van der Waals surface area contributed by atoms with E-state index in [1.807, 2.05) is 39.0 Å². The van der Waals surface area contributed by atoms with Gasteiger partial charge in [-0.3, -0.25) is 0 Å². The lowest BCUT2D eigenvalue weighted by atomic mass is 10.1. The van der Waals surface area contributed by atoms with Gasteiger partial charge in [0.2, 0.25) is 5.95 Å². The Morgan fingerprint density at radius 2 is 2.00 bits per heavy atom. The highest BCUT2D eigenvalue weighted by atomic mass is 19.1. The largest absolute Gasteiger partial charge is 0.354 e. The number of nitrogens with one attached hydrogen (secondary N) is 2. The Hall–Kier alpha value is -2.17. The molecule has 2 aromatic rings. The highest BCUT2D eigenvalue weighted by Gasteiger charge is 2.07. The summed E-state index contributed by atoms with van der Waals surface area (Å²) in [5.41, 5.74) is 3.15. The van der Waals surface area contributed by atoms with E-state index in [9.17, 15) is 4.39 Å². The molecule has 0 aliphatic carbocycles. The molecule has 1 heterocycles. The van der Waals surface area contributed by atoms with Crippen LogP contribution in [0.4, 0.5) is 21.8 Å². The number of aromatic nitrogens is 2. The lowest BCUT2D eigenvalue weighted by Gasteiger charge is -2.10. The molecule has 0 spiro atoms. The standard InChI is InChI=1S/C14H17FN4/c1-4-16-14-17-8-12(15)13(19-14)18-11-6-5-9(2)10(3)7-11/h5-8H,4H2,1-3H3,(H2,16,17,18,19). The average Bonchev–Trinajstić information content (AvgIpc) is 2.38. The summed E-state index contributed by atoms with van der Waals surface area (Å²) in [7, 11) is 0. The second-order valence-corrected chi connectivity index (χ2v) is 4.34. The minimum atomic E-state index is -0.472. The zero-order valence-corrected chi connectivity index (χ0v) is 11.3. The molecule has 4 nitrogen and oxygen atoms in total. The van der Waals surface area contributed by atoms with E-state index in [1.54, 1.807) is 0 Å². The van der Waals surface area contributed by atoms with Crippen molar-refractivity contribution in [3.8, 4) is 0 Å². The normalized spacial score (nSPS) is 10.3. The lowest BCUT2D eigenvalue weighted by Crippen LogP contribution is -2.06. The number of halogens is 1. The minimum Gasteiger partial charge on any atom is -0.354 e. The molecule has 0 bridgehead atoms. The monoisotopic (exact) mass is 260 g/mol. The number of nitrogens with zero attached hydrogens (tertiary/aromatic N) is 2. The van der Waals surface area contributed by atoms with E-state index >= 15 is 0 Å². The number of anilines is 3. The molecule has 100 valence electrons. The van der Waals surface area contributed by atoms with Gasteiger partial charge in [-0.1, -0.05) is 6.07 Å². The van der Waals surface area contributed by atoms with Crippen LogP contribution in [0.25, 0.3) is 0 Å². The average molecular weight is 260 g/mol. The Kier molecular flexibility index (Phi) is 3.94. The Balaban J connectivity index is 2.26. The summed E-state index contributed by atoms with van der Waals surface area (Å²) >= 11 is 0. The number of benzene rings is 1. The van der Waals surface area contributed by atoms with Gasteiger partial charge in [-0.25, -0.2) is 9.37 Å². The van der Waals surface area contributed by atoms with Crippen molar-refractivity contribution in [1.82, 2.24) is 9.97 Å². The van der Waals surface area contributed by atoms with Crippen LogP contribution in [0.1, 0.15) is 18.1 Å². The quantitative estimate of drug-likeness (QED) is 0.884. The third-order valence-corrected chi connectivity index (χ3v) is 2.85. The van der Waals surface area contributed by atoms with Crippen LogP contribution < -0.4 is 10.6 Å². The molecule has 0 aliphatic rings. The fraction of sp³-hybridized carbons (Fsp3) is 0.286. The summed E-state index contributed by atoms with van der Waals surface area (Å²) in [6.07, 6.45) is 1.16. The van der Waals surface area contributed by atoms with Gasteiger partial charge in [0.05, 0.1) is 6.20 Å². The van der Waals surface area contributed by atoms with Gasteiger partial charge in [-0.15, -0.1) is 0 Å². The molecule has 0 aliphatic heterocycles. The van der Waals surface area contributed by atoms with E-state index in [0.717, 1.165) is 17.4 Å². The molecule has 0 amide bonds. The summed E-state index contributed by atoms with van der Waals surface area (Å²) in [5.74, 6) is 0.115. The topological polar surface area (TPSA) is 49.8 Å². The summed E-state index contributed by atoms with van der Waals surface area (Å²) in [6.45, 7) is 6.67. The zero-order chi connectivity index (χ0) is 13.8. The van der Waals surface area contributed by atoms with Crippen molar-refractivity contribution in [2.75, 3.05) is 17.2 Å². The lowest BCUT2D eigenvalue weighted by molar-refractivity contribution is 0.619. The summed E-state index contributed by atoms with van der Waals surface area (Å²) in [6, 6.07) is 5.85. The van der Waals surface area contributed by atoms with E-state index in [1.165, 1.54) is 5.56 Å². The molecule has 0 radical (unpaired) electrons. The maximum atomic E-state index is 13.7. The van der Waals surface area contributed by atoms with Gasteiger partial charge < -0.3 is 10.6 Å². The molecule has 19 heavy (non-hydrogen) atoms. The van der Waals surface area contributed by atoms with Crippen molar-refractivity contribution in [2.45, 2.75) is 20.8 Å². The first kappa shape index (κ1) is 13.3. The molecule has 1 aromatic heterocycles. The molecule has 0 saturated heterocycles. The smallest absolute Gasteiger partial charge is 0.224 e.